The van der Waals surface area contributed by atoms with Gasteiger partial charge in [-0.15, -0.1) is 0 Å². The molecule has 0 aromatic heterocycles. The fourth-order valence-electron chi connectivity index (χ4n) is 6.27. The predicted octanol–water partition coefficient (Wildman–Crippen LogP) is 7.64. The van der Waals surface area contributed by atoms with Crippen LogP contribution in [0.1, 0.15) is 72.8 Å². The maximum absolute atomic E-state index is 13.4. The molecular formula is C30H35F6NO3. The fourth-order valence-corrected chi connectivity index (χ4v) is 6.27. The van der Waals surface area contributed by atoms with Crippen LogP contribution in [0.4, 0.5) is 26.3 Å². The van der Waals surface area contributed by atoms with Gasteiger partial charge in [0.05, 0.1) is 24.3 Å². The fraction of sp³-hybridized carbons (Fsp3) is 0.567. The van der Waals surface area contributed by atoms with E-state index in [0.717, 1.165) is 36.8 Å². The lowest BCUT2D eigenvalue weighted by molar-refractivity contribution is -0.211. The van der Waals surface area contributed by atoms with E-state index < -0.39 is 36.4 Å². The van der Waals surface area contributed by atoms with Crippen molar-refractivity contribution in [2.75, 3.05) is 13.2 Å². The first kappa shape index (κ1) is 30.4. The van der Waals surface area contributed by atoms with E-state index in [4.69, 9.17) is 9.47 Å². The minimum absolute atomic E-state index is 0.0265. The first-order chi connectivity index (χ1) is 18.9. The lowest BCUT2D eigenvalue weighted by Gasteiger charge is -2.43. The van der Waals surface area contributed by atoms with Gasteiger partial charge < -0.3 is 14.8 Å². The number of halogens is 6. The Morgan fingerprint density at radius 2 is 1.70 bits per heavy atom. The molecule has 1 unspecified atom stereocenters. The molecule has 5 atom stereocenters. The van der Waals surface area contributed by atoms with Crippen LogP contribution in [0.3, 0.4) is 0 Å². The molecule has 1 heterocycles. The van der Waals surface area contributed by atoms with Crippen molar-refractivity contribution in [2.24, 2.45) is 17.8 Å². The number of aryl methyl sites for hydroxylation is 1. The van der Waals surface area contributed by atoms with E-state index in [1.165, 1.54) is 0 Å². The second-order valence-electron chi connectivity index (χ2n) is 10.9. The van der Waals surface area contributed by atoms with Crippen LogP contribution in [0.2, 0.25) is 0 Å². The van der Waals surface area contributed by atoms with Crippen LogP contribution in [-0.4, -0.2) is 25.3 Å². The Labute approximate surface area is 230 Å². The van der Waals surface area contributed by atoms with E-state index in [1.807, 2.05) is 38.1 Å². The Kier molecular flexibility index (Phi) is 9.50. The van der Waals surface area contributed by atoms with Gasteiger partial charge in [-0.1, -0.05) is 30.7 Å². The molecular weight excluding hydrogens is 536 g/mol. The summed E-state index contributed by atoms with van der Waals surface area (Å²) in [4.78, 5) is 12.3. The van der Waals surface area contributed by atoms with Crippen LogP contribution < -0.4 is 5.32 Å². The molecule has 1 N–H and O–H groups in total. The van der Waals surface area contributed by atoms with Gasteiger partial charge in [-0.3, -0.25) is 4.79 Å². The minimum atomic E-state index is -4.93. The zero-order chi connectivity index (χ0) is 29.1. The van der Waals surface area contributed by atoms with E-state index >= 15 is 0 Å². The first-order valence-corrected chi connectivity index (χ1v) is 13.7. The van der Waals surface area contributed by atoms with E-state index in [2.05, 4.69) is 5.32 Å². The summed E-state index contributed by atoms with van der Waals surface area (Å²) in [6.07, 6.45) is -6.78. The van der Waals surface area contributed by atoms with Gasteiger partial charge in [-0.2, -0.15) is 26.3 Å². The number of hydrogen-bond acceptors (Lipinski definition) is 3. The molecule has 2 aliphatic rings. The van der Waals surface area contributed by atoms with E-state index in [0.29, 0.717) is 31.7 Å². The van der Waals surface area contributed by atoms with Gasteiger partial charge in [0, 0.05) is 18.9 Å². The molecule has 4 rings (SSSR count). The number of ether oxygens (including phenoxy) is 2. The maximum Gasteiger partial charge on any atom is 0.416 e. The third-order valence-electron chi connectivity index (χ3n) is 8.08. The summed E-state index contributed by atoms with van der Waals surface area (Å²) in [5.41, 5.74) is -0.971. The molecule has 40 heavy (non-hydrogen) atoms. The van der Waals surface area contributed by atoms with Crippen molar-refractivity contribution in [2.45, 2.75) is 77.1 Å². The molecule has 1 amide bonds. The molecule has 2 aromatic carbocycles. The molecule has 1 saturated carbocycles. The topological polar surface area (TPSA) is 47.6 Å². The smallest absolute Gasteiger partial charge is 0.356 e. The van der Waals surface area contributed by atoms with Crippen LogP contribution in [0, 0.1) is 24.7 Å². The summed E-state index contributed by atoms with van der Waals surface area (Å²) in [5, 5.41) is 2.86. The highest BCUT2D eigenvalue weighted by atomic mass is 19.4. The Bertz CT molecular complexity index is 1130. The lowest BCUT2D eigenvalue weighted by atomic mass is 9.72. The van der Waals surface area contributed by atoms with Crippen LogP contribution >= 0.6 is 0 Å². The molecule has 0 bridgehead atoms. The molecule has 1 aliphatic carbocycles. The van der Waals surface area contributed by atoms with Crippen molar-refractivity contribution in [3.8, 4) is 0 Å². The second kappa shape index (κ2) is 12.5. The van der Waals surface area contributed by atoms with Crippen LogP contribution in [0.5, 0.6) is 0 Å². The van der Waals surface area contributed by atoms with Gasteiger partial charge in [-0.05, 0) is 85.8 Å². The minimum Gasteiger partial charge on any atom is -0.356 e. The lowest BCUT2D eigenvalue weighted by Crippen LogP contribution is -2.42. The highest BCUT2D eigenvalue weighted by Crippen LogP contribution is 2.48. The van der Waals surface area contributed by atoms with Crippen LogP contribution in [0.15, 0.2) is 42.5 Å². The Hall–Kier alpha value is -2.59. The summed E-state index contributed by atoms with van der Waals surface area (Å²) in [6.45, 7) is 4.31. The molecule has 220 valence electrons. The van der Waals surface area contributed by atoms with E-state index in [9.17, 15) is 31.1 Å². The summed E-state index contributed by atoms with van der Waals surface area (Å²) >= 11 is 0. The normalized spacial score (nSPS) is 25.6. The average Bonchev–Trinajstić information content (AvgIpc) is 3.08. The largest absolute Gasteiger partial charge is 0.416 e. The maximum atomic E-state index is 13.4. The Morgan fingerprint density at radius 1 is 1.02 bits per heavy atom. The molecule has 0 radical (unpaired) electrons. The summed E-state index contributed by atoms with van der Waals surface area (Å²) in [7, 11) is 0. The van der Waals surface area contributed by atoms with E-state index in [-0.39, 0.29) is 41.2 Å². The SMILES string of the molecule is CCNC(=O)CC1CCC[C@@H]2[C@H](CO[C@H](OCc3cc(C(F)(F)F)cc(C(F)(F)F)c3)[C@H]2c2ccccc2C)C1. The average molecular weight is 572 g/mol. The molecule has 1 aliphatic heterocycles. The van der Waals surface area contributed by atoms with Crippen molar-refractivity contribution >= 4 is 5.91 Å². The Morgan fingerprint density at radius 3 is 2.33 bits per heavy atom. The van der Waals surface area contributed by atoms with Crippen molar-refractivity contribution < 1.29 is 40.6 Å². The molecule has 2 fully saturated rings. The zero-order valence-corrected chi connectivity index (χ0v) is 22.6. The van der Waals surface area contributed by atoms with Gasteiger partial charge in [-0.25, -0.2) is 0 Å². The number of hydrogen-bond donors (Lipinski definition) is 1. The summed E-state index contributed by atoms with van der Waals surface area (Å²) in [5.74, 6) is 0.267. The number of carbonyl (C=O) groups excluding carboxylic acids is 1. The number of amides is 1. The molecule has 2 aromatic rings. The molecule has 10 heteroatoms. The van der Waals surface area contributed by atoms with Crippen molar-refractivity contribution in [3.63, 3.8) is 0 Å². The van der Waals surface area contributed by atoms with Crippen LogP contribution in [-0.2, 0) is 33.2 Å². The molecule has 1 saturated heterocycles. The zero-order valence-electron chi connectivity index (χ0n) is 22.6. The Balaban J connectivity index is 1.59. The van der Waals surface area contributed by atoms with Gasteiger partial charge >= 0.3 is 12.4 Å². The third-order valence-corrected chi connectivity index (χ3v) is 8.08. The van der Waals surface area contributed by atoms with Gasteiger partial charge in [0.2, 0.25) is 5.91 Å². The number of alkyl halides is 6. The number of fused-ring (bicyclic) bond motifs is 1. The van der Waals surface area contributed by atoms with E-state index in [1.54, 1.807) is 0 Å². The third kappa shape index (κ3) is 7.37. The number of nitrogens with one attached hydrogen (secondary N) is 1. The quantitative estimate of drug-likeness (QED) is 0.348. The second-order valence-corrected chi connectivity index (χ2v) is 10.9. The van der Waals surface area contributed by atoms with Gasteiger partial charge in [0.25, 0.3) is 0 Å². The van der Waals surface area contributed by atoms with Crippen molar-refractivity contribution in [1.82, 2.24) is 5.32 Å². The predicted molar refractivity (Wildman–Crippen MR) is 137 cm³/mol. The number of benzene rings is 2. The summed E-state index contributed by atoms with van der Waals surface area (Å²) in [6, 6.07) is 9.26. The summed E-state index contributed by atoms with van der Waals surface area (Å²) < 4.78 is 92.5. The standard InChI is InChI=1S/C30H35F6NO3/c1-3-37-26(38)14-19-8-6-10-25-21(11-19)17-40-28(27(25)24-9-5-4-7-18(24)2)39-16-20-12-22(29(31,32)33)15-23(13-20)30(34,35)36/h4-5,7,9,12-13,15,19,21,25,27-28H,3,6,8,10-11,14,16-17H2,1-2H3,(H,37,38)/t19?,21-,25+,27-,28-/m0/s1. The first-order valence-electron chi connectivity index (χ1n) is 13.7. The highest BCUT2D eigenvalue weighted by Gasteiger charge is 2.44. The molecule has 0 spiro atoms. The van der Waals surface area contributed by atoms with Crippen LogP contribution in [0.25, 0.3) is 0 Å². The number of rotatable bonds is 7. The monoisotopic (exact) mass is 571 g/mol. The molecule has 4 nitrogen and oxygen atoms in total. The van der Waals surface area contributed by atoms with Crippen molar-refractivity contribution in [1.29, 1.82) is 0 Å². The highest BCUT2D eigenvalue weighted by molar-refractivity contribution is 5.76. The number of carbonyl (C=O) groups is 1. The van der Waals surface area contributed by atoms with Gasteiger partial charge in [0.15, 0.2) is 6.29 Å². The van der Waals surface area contributed by atoms with Crippen molar-refractivity contribution in [3.05, 3.63) is 70.3 Å². The van der Waals surface area contributed by atoms with Gasteiger partial charge in [0.1, 0.15) is 0 Å².